The zero-order valence-electron chi connectivity index (χ0n) is 11.3. The number of hydrogen-bond acceptors (Lipinski definition) is 4. The number of benzene rings is 1. The van der Waals surface area contributed by atoms with Crippen LogP contribution >= 0.6 is 0 Å². The highest BCUT2D eigenvalue weighted by Gasteiger charge is 2.25. The Morgan fingerprint density at radius 1 is 1.20 bits per heavy atom. The zero-order valence-corrected chi connectivity index (χ0v) is 12.2. The average molecular weight is 296 g/mol. The van der Waals surface area contributed by atoms with E-state index < -0.39 is 10.0 Å². The molecular formula is C14H20N2O3S. The van der Waals surface area contributed by atoms with E-state index >= 15 is 0 Å². The van der Waals surface area contributed by atoms with Crippen LogP contribution in [0.4, 0.5) is 0 Å². The van der Waals surface area contributed by atoms with E-state index in [0.717, 1.165) is 43.4 Å². The molecule has 110 valence electrons. The Morgan fingerprint density at radius 2 is 1.95 bits per heavy atom. The monoisotopic (exact) mass is 296 g/mol. The molecule has 1 aromatic carbocycles. The van der Waals surface area contributed by atoms with Gasteiger partial charge in [0.15, 0.2) is 0 Å². The number of rotatable bonds is 3. The van der Waals surface area contributed by atoms with Crippen molar-refractivity contribution in [1.82, 2.24) is 4.72 Å². The maximum atomic E-state index is 12.4. The molecule has 1 saturated carbocycles. The van der Waals surface area contributed by atoms with E-state index in [-0.39, 0.29) is 12.1 Å². The van der Waals surface area contributed by atoms with Crippen molar-refractivity contribution < 1.29 is 13.2 Å². The number of nitrogens with two attached hydrogens (primary N) is 1. The number of fused-ring (bicyclic) bond motifs is 1. The first-order valence-corrected chi connectivity index (χ1v) is 8.56. The summed E-state index contributed by atoms with van der Waals surface area (Å²) in [6, 6.07) is 5.30. The van der Waals surface area contributed by atoms with Crippen LogP contribution in [0.5, 0.6) is 5.75 Å². The number of sulfonamides is 1. The summed E-state index contributed by atoms with van der Waals surface area (Å²) in [5.74, 6) is 0.799. The molecule has 20 heavy (non-hydrogen) atoms. The summed E-state index contributed by atoms with van der Waals surface area (Å²) in [4.78, 5) is 0.330. The highest BCUT2D eigenvalue weighted by atomic mass is 32.2. The number of nitrogens with one attached hydrogen (secondary N) is 1. The van der Waals surface area contributed by atoms with Crippen LogP contribution in [0.25, 0.3) is 0 Å². The van der Waals surface area contributed by atoms with E-state index in [1.54, 1.807) is 18.2 Å². The largest absolute Gasteiger partial charge is 0.493 e. The molecule has 0 atom stereocenters. The van der Waals surface area contributed by atoms with Crippen LogP contribution in [0.15, 0.2) is 23.1 Å². The van der Waals surface area contributed by atoms with Gasteiger partial charge in [-0.1, -0.05) is 0 Å². The lowest BCUT2D eigenvalue weighted by molar-refractivity contribution is 0.356. The van der Waals surface area contributed by atoms with Gasteiger partial charge in [0.2, 0.25) is 10.0 Å². The van der Waals surface area contributed by atoms with Crippen molar-refractivity contribution in [3.63, 3.8) is 0 Å². The molecule has 3 N–H and O–H groups in total. The summed E-state index contributed by atoms with van der Waals surface area (Å²) in [5, 5.41) is 0. The third-order valence-corrected chi connectivity index (χ3v) is 5.58. The quantitative estimate of drug-likeness (QED) is 0.877. The van der Waals surface area contributed by atoms with Crippen LogP contribution < -0.4 is 15.2 Å². The van der Waals surface area contributed by atoms with Crippen LogP contribution in [0.3, 0.4) is 0 Å². The van der Waals surface area contributed by atoms with E-state index in [4.69, 9.17) is 10.5 Å². The van der Waals surface area contributed by atoms with Crippen LogP contribution in [0.2, 0.25) is 0 Å². The van der Waals surface area contributed by atoms with Crippen molar-refractivity contribution in [2.24, 2.45) is 5.73 Å². The summed E-state index contributed by atoms with van der Waals surface area (Å²) >= 11 is 0. The van der Waals surface area contributed by atoms with E-state index in [1.165, 1.54) is 0 Å². The maximum Gasteiger partial charge on any atom is 0.240 e. The molecule has 0 bridgehead atoms. The summed E-state index contributed by atoms with van der Waals surface area (Å²) in [7, 11) is -3.45. The van der Waals surface area contributed by atoms with Gasteiger partial charge >= 0.3 is 0 Å². The normalized spacial score (nSPS) is 26.1. The Labute approximate surface area is 119 Å². The van der Waals surface area contributed by atoms with Crippen molar-refractivity contribution in [2.75, 3.05) is 6.61 Å². The van der Waals surface area contributed by atoms with Gasteiger partial charge in [0, 0.05) is 18.5 Å². The lowest BCUT2D eigenvalue weighted by Gasteiger charge is -2.26. The van der Waals surface area contributed by atoms with Gasteiger partial charge in [0.05, 0.1) is 11.5 Å². The van der Waals surface area contributed by atoms with Crippen molar-refractivity contribution in [2.45, 2.75) is 49.1 Å². The van der Waals surface area contributed by atoms with Gasteiger partial charge in [-0.05, 0) is 49.4 Å². The predicted octanol–water partition coefficient (Wildman–Crippen LogP) is 1.17. The molecular weight excluding hydrogens is 276 g/mol. The fourth-order valence-electron chi connectivity index (χ4n) is 2.85. The fraction of sp³-hybridized carbons (Fsp3) is 0.571. The molecule has 1 heterocycles. The third kappa shape index (κ3) is 2.82. The van der Waals surface area contributed by atoms with Crippen molar-refractivity contribution in [1.29, 1.82) is 0 Å². The molecule has 6 heteroatoms. The second kappa shape index (κ2) is 5.35. The van der Waals surface area contributed by atoms with Gasteiger partial charge in [-0.15, -0.1) is 0 Å². The summed E-state index contributed by atoms with van der Waals surface area (Å²) < 4.78 is 33.0. The van der Waals surface area contributed by atoms with Crippen molar-refractivity contribution in [3.8, 4) is 5.75 Å². The molecule has 1 aliphatic carbocycles. The van der Waals surface area contributed by atoms with Gasteiger partial charge in [0.1, 0.15) is 5.75 Å². The number of hydrogen-bond donors (Lipinski definition) is 2. The van der Waals surface area contributed by atoms with Crippen LogP contribution in [-0.4, -0.2) is 27.1 Å². The van der Waals surface area contributed by atoms with E-state index in [1.807, 2.05) is 0 Å². The highest BCUT2D eigenvalue weighted by Crippen LogP contribution is 2.28. The Kier molecular flexibility index (Phi) is 3.70. The van der Waals surface area contributed by atoms with E-state index in [2.05, 4.69) is 4.72 Å². The van der Waals surface area contributed by atoms with Crippen molar-refractivity contribution in [3.05, 3.63) is 23.8 Å². The average Bonchev–Trinajstić information content (AvgIpc) is 2.88. The first kappa shape index (κ1) is 13.9. The van der Waals surface area contributed by atoms with Gasteiger partial charge in [0.25, 0.3) is 0 Å². The third-order valence-electron chi connectivity index (χ3n) is 4.06. The fourth-order valence-corrected chi connectivity index (χ4v) is 4.21. The molecule has 0 aromatic heterocycles. The minimum Gasteiger partial charge on any atom is -0.493 e. The summed E-state index contributed by atoms with van der Waals surface area (Å²) in [5.41, 5.74) is 6.81. The molecule has 2 aliphatic rings. The highest BCUT2D eigenvalue weighted by molar-refractivity contribution is 7.89. The number of ether oxygens (including phenoxy) is 1. The molecule has 5 nitrogen and oxygen atoms in total. The minimum absolute atomic E-state index is 0.00399. The molecule has 0 radical (unpaired) electrons. The van der Waals surface area contributed by atoms with Crippen LogP contribution in [0, 0.1) is 0 Å². The predicted molar refractivity (Wildman–Crippen MR) is 76.2 cm³/mol. The molecule has 0 unspecified atom stereocenters. The Morgan fingerprint density at radius 3 is 2.70 bits per heavy atom. The SMILES string of the molecule is NC1CCC(NS(=O)(=O)c2ccc3c(c2)CCO3)CC1. The van der Waals surface area contributed by atoms with E-state index in [9.17, 15) is 8.42 Å². The minimum atomic E-state index is -3.45. The Bertz CT molecular complexity index is 592. The molecule has 0 spiro atoms. The molecule has 0 amide bonds. The van der Waals surface area contributed by atoms with Crippen molar-refractivity contribution >= 4 is 10.0 Å². The first-order valence-electron chi connectivity index (χ1n) is 7.08. The van der Waals surface area contributed by atoms with Crippen LogP contribution in [-0.2, 0) is 16.4 Å². The maximum absolute atomic E-state index is 12.4. The van der Waals surface area contributed by atoms with Gasteiger partial charge in [-0.25, -0.2) is 13.1 Å². The summed E-state index contributed by atoms with van der Waals surface area (Å²) in [6.07, 6.45) is 4.16. The van der Waals surface area contributed by atoms with Gasteiger partial charge in [-0.2, -0.15) is 0 Å². The molecule has 1 fully saturated rings. The van der Waals surface area contributed by atoms with Crippen LogP contribution in [0.1, 0.15) is 31.2 Å². The summed E-state index contributed by atoms with van der Waals surface area (Å²) in [6.45, 7) is 0.632. The second-order valence-corrected chi connectivity index (χ2v) is 7.31. The standard InChI is InChI=1S/C14H20N2O3S/c15-11-1-3-12(4-2-11)16-20(17,18)13-5-6-14-10(9-13)7-8-19-14/h5-6,9,11-12,16H,1-4,7-8,15H2. The van der Waals surface area contributed by atoms with Gasteiger partial charge in [-0.3, -0.25) is 0 Å². The zero-order chi connectivity index (χ0) is 14.2. The molecule has 1 aliphatic heterocycles. The second-order valence-electron chi connectivity index (χ2n) is 5.60. The van der Waals surface area contributed by atoms with E-state index in [0.29, 0.717) is 11.5 Å². The smallest absolute Gasteiger partial charge is 0.240 e. The Hall–Kier alpha value is -1.11. The van der Waals surface area contributed by atoms with Gasteiger partial charge < -0.3 is 10.5 Å². The lowest BCUT2D eigenvalue weighted by Crippen LogP contribution is -2.40. The first-order chi connectivity index (χ1) is 9.54. The molecule has 3 rings (SSSR count). The topological polar surface area (TPSA) is 81.4 Å². The molecule has 1 aromatic rings. The lowest BCUT2D eigenvalue weighted by atomic mass is 9.93. The Balaban J connectivity index is 1.75. The molecule has 0 saturated heterocycles.